The first kappa shape index (κ1) is 69.8. The maximum atomic E-state index is 12.9. The Labute approximate surface area is 453 Å². The second kappa shape index (κ2) is 61.4. The number of unbranched alkanes of at least 4 members (excludes halogenated alkanes) is 34. The topological polar surface area (TPSA) is 78.9 Å². The molecule has 6 nitrogen and oxygen atoms in total. The summed E-state index contributed by atoms with van der Waals surface area (Å²) in [6.45, 7) is 6.52. The smallest absolute Gasteiger partial charge is 0.306 e. The Morgan fingerprint density at radius 2 is 0.548 bits per heavy atom. The third-order valence-corrected chi connectivity index (χ3v) is 13.7. The van der Waals surface area contributed by atoms with Crippen LogP contribution in [0.4, 0.5) is 0 Å². The van der Waals surface area contributed by atoms with Gasteiger partial charge < -0.3 is 14.2 Å². The van der Waals surface area contributed by atoms with E-state index >= 15 is 0 Å². The van der Waals surface area contributed by atoms with Crippen molar-refractivity contribution < 1.29 is 28.6 Å². The minimum absolute atomic E-state index is 0.0908. The van der Waals surface area contributed by atoms with Crippen LogP contribution in [0.2, 0.25) is 0 Å². The maximum absolute atomic E-state index is 12.9. The molecule has 0 fully saturated rings. The summed E-state index contributed by atoms with van der Waals surface area (Å²) < 4.78 is 16.9. The van der Waals surface area contributed by atoms with Crippen LogP contribution in [-0.2, 0) is 28.6 Å². The predicted molar refractivity (Wildman–Crippen MR) is 316 cm³/mol. The summed E-state index contributed by atoms with van der Waals surface area (Å²) >= 11 is 0. The van der Waals surface area contributed by atoms with Crippen LogP contribution in [0.3, 0.4) is 0 Å². The fourth-order valence-corrected chi connectivity index (χ4v) is 9.00. The van der Waals surface area contributed by atoms with Gasteiger partial charge in [0.2, 0.25) is 0 Å². The van der Waals surface area contributed by atoms with Gasteiger partial charge in [0.25, 0.3) is 0 Å². The van der Waals surface area contributed by atoms with Crippen molar-refractivity contribution in [2.24, 2.45) is 0 Å². The monoisotopic (exact) mass is 1020 g/mol. The fraction of sp³-hybridized carbons (Fsp3) is 0.776. The molecule has 0 amide bonds. The number of carbonyl (C=O) groups excluding carboxylic acids is 3. The van der Waals surface area contributed by atoms with E-state index in [2.05, 4.69) is 93.7 Å². The normalized spacial score (nSPS) is 12.5. The van der Waals surface area contributed by atoms with Crippen LogP contribution in [0.5, 0.6) is 0 Å². The molecular weight excluding hydrogens is 901 g/mol. The van der Waals surface area contributed by atoms with Crippen LogP contribution >= 0.6 is 0 Å². The van der Waals surface area contributed by atoms with Gasteiger partial charge in [0.15, 0.2) is 6.10 Å². The SMILES string of the molecule is CC/C=C\C/C=C\C/C=C\C/C=C\C/C=C\CCCC(=O)OC[C@H](COC(=O)CCCCCCCCCCCCCCCCCCCCC)OC(=O)CCCCCCCCCCC/C=C\CCCCCCCC. The number of hydrogen-bond donors (Lipinski definition) is 0. The lowest BCUT2D eigenvalue weighted by Gasteiger charge is -2.18. The molecule has 0 aliphatic carbocycles. The van der Waals surface area contributed by atoms with E-state index in [0.29, 0.717) is 19.3 Å². The van der Waals surface area contributed by atoms with Crippen molar-refractivity contribution in [1.82, 2.24) is 0 Å². The molecule has 0 N–H and O–H groups in total. The van der Waals surface area contributed by atoms with E-state index in [1.165, 1.54) is 193 Å². The molecule has 0 radical (unpaired) electrons. The van der Waals surface area contributed by atoms with Gasteiger partial charge in [-0.2, -0.15) is 0 Å². The first-order valence-electron chi connectivity index (χ1n) is 31.4. The zero-order valence-corrected chi connectivity index (χ0v) is 48.4. The van der Waals surface area contributed by atoms with Crippen molar-refractivity contribution >= 4 is 17.9 Å². The summed E-state index contributed by atoms with van der Waals surface area (Å²) in [6.07, 6.45) is 79.1. The van der Waals surface area contributed by atoms with Crippen molar-refractivity contribution in [2.75, 3.05) is 13.2 Å². The first-order chi connectivity index (χ1) is 36.0. The molecule has 0 heterocycles. The second-order valence-electron chi connectivity index (χ2n) is 20.9. The van der Waals surface area contributed by atoms with Gasteiger partial charge in [0.05, 0.1) is 0 Å². The van der Waals surface area contributed by atoms with Gasteiger partial charge in [-0.1, -0.05) is 286 Å². The van der Waals surface area contributed by atoms with E-state index in [0.717, 1.165) is 77.0 Å². The molecule has 1 atom stereocenters. The summed E-state index contributed by atoms with van der Waals surface area (Å²) in [5, 5.41) is 0. The molecule has 0 aliphatic heterocycles. The van der Waals surface area contributed by atoms with Crippen LogP contribution in [-0.4, -0.2) is 37.2 Å². The Bertz CT molecular complexity index is 1360. The van der Waals surface area contributed by atoms with Crippen molar-refractivity contribution in [3.05, 3.63) is 72.9 Å². The lowest BCUT2D eigenvalue weighted by Crippen LogP contribution is -2.30. The third-order valence-electron chi connectivity index (χ3n) is 13.7. The lowest BCUT2D eigenvalue weighted by molar-refractivity contribution is -0.167. The molecular formula is C67H118O6. The summed E-state index contributed by atoms with van der Waals surface area (Å²) in [5.74, 6) is -0.938. The van der Waals surface area contributed by atoms with Gasteiger partial charge >= 0.3 is 17.9 Å². The Morgan fingerprint density at radius 3 is 0.904 bits per heavy atom. The van der Waals surface area contributed by atoms with E-state index in [4.69, 9.17) is 14.2 Å². The number of carbonyl (C=O) groups is 3. The molecule has 0 aromatic carbocycles. The predicted octanol–water partition coefficient (Wildman–Crippen LogP) is 21.3. The number of rotatable bonds is 57. The Balaban J connectivity index is 4.42. The summed E-state index contributed by atoms with van der Waals surface area (Å²) in [7, 11) is 0. The van der Waals surface area contributed by atoms with Gasteiger partial charge in [-0.05, 0) is 83.5 Å². The van der Waals surface area contributed by atoms with Crippen molar-refractivity contribution in [3.8, 4) is 0 Å². The quantitative estimate of drug-likeness (QED) is 0.0261. The van der Waals surface area contributed by atoms with E-state index in [9.17, 15) is 14.4 Å². The van der Waals surface area contributed by atoms with E-state index in [-0.39, 0.29) is 37.5 Å². The molecule has 0 saturated carbocycles. The molecule has 0 rings (SSSR count). The van der Waals surface area contributed by atoms with Gasteiger partial charge in [0.1, 0.15) is 13.2 Å². The molecule has 0 aromatic rings. The Kier molecular flexibility index (Phi) is 58.7. The molecule has 0 spiro atoms. The second-order valence-corrected chi connectivity index (χ2v) is 20.9. The Morgan fingerprint density at radius 1 is 0.288 bits per heavy atom. The van der Waals surface area contributed by atoms with Crippen molar-refractivity contribution in [1.29, 1.82) is 0 Å². The molecule has 0 bridgehead atoms. The molecule has 73 heavy (non-hydrogen) atoms. The number of ether oxygens (including phenoxy) is 3. The molecule has 0 unspecified atom stereocenters. The molecule has 0 saturated heterocycles. The van der Waals surface area contributed by atoms with Crippen LogP contribution in [0.15, 0.2) is 72.9 Å². The van der Waals surface area contributed by atoms with Crippen LogP contribution < -0.4 is 0 Å². The van der Waals surface area contributed by atoms with Gasteiger partial charge in [-0.15, -0.1) is 0 Å². The van der Waals surface area contributed by atoms with Gasteiger partial charge in [-0.3, -0.25) is 14.4 Å². The average molecular weight is 1020 g/mol. The molecule has 0 aromatic heterocycles. The van der Waals surface area contributed by atoms with Crippen molar-refractivity contribution in [3.63, 3.8) is 0 Å². The minimum atomic E-state index is -0.799. The number of allylic oxidation sites excluding steroid dienone is 12. The zero-order valence-electron chi connectivity index (χ0n) is 48.4. The maximum Gasteiger partial charge on any atom is 0.306 e. The highest BCUT2D eigenvalue weighted by Crippen LogP contribution is 2.17. The lowest BCUT2D eigenvalue weighted by atomic mass is 10.0. The third kappa shape index (κ3) is 59.6. The first-order valence-corrected chi connectivity index (χ1v) is 31.4. The fourth-order valence-electron chi connectivity index (χ4n) is 9.00. The van der Waals surface area contributed by atoms with Gasteiger partial charge in [0, 0.05) is 19.3 Å². The van der Waals surface area contributed by atoms with E-state index in [1.54, 1.807) is 0 Å². The van der Waals surface area contributed by atoms with Crippen molar-refractivity contribution in [2.45, 2.75) is 322 Å². The molecule has 422 valence electrons. The number of hydrogen-bond acceptors (Lipinski definition) is 6. The van der Waals surface area contributed by atoms with E-state index in [1.807, 2.05) is 0 Å². The molecule has 6 heteroatoms. The highest BCUT2D eigenvalue weighted by Gasteiger charge is 2.19. The Hall–Kier alpha value is -3.15. The number of esters is 3. The zero-order chi connectivity index (χ0) is 52.9. The standard InChI is InChI=1S/C67H118O6/c1-4-7-10-13-16-19-22-25-28-31-33-36-39-42-45-48-51-54-57-60-66(69)72-63-64(62-71-65(68)59-56-53-50-47-44-41-38-35-30-27-24-21-18-15-12-9-6-3)73-67(70)61-58-55-52-49-46-43-40-37-34-32-29-26-23-20-17-14-11-8-5-2/h9,12,18,21,26-27,29-30,38,41,47,50,64H,4-8,10-11,13-17,19-20,22-25,28,31-37,39-40,42-46,48-49,51-63H2,1-3H3/b12-9-,21-18-,29-26-,30-27-,41-38-,50-47-/t64-/m1/s1. The minimum Gasteiger partial charge on any atom is -0.462 e. The summed E-state index contributed by atoms with van der Waals surface area (Å²) in [4.78, 5) is 38.3. The summed E-state index contributed by atoms with van der Waals surface area (Å²) in [6, 6.07) is 0. The van der Waals surface area contributed by atoms with Crippen LogP contribution in [0.25, 0.3) is 0 Å². The largest absolute Gasteiger partial charge is 0.462 e. The van der Waals surface area contributed by atoms with Crippen LogP contribution in [0, 0.1) is 0 Å². The van der Waals surface area contributed by atoms with Gasteiger partial charge in [-0.25, -0.2) is 0 Å². The van der Waals surface area contributed by atoms with E-state index < -0.39 is 6.10 Å². The molecule has 0 aliphatic rings. The highest BCUT2D eigenvalue weighted by atomic mass is 16.6. The van der Waals surface area contributed by atoms with Crippen LogP contribution in [0.1, 0.15) is 316 Å². The highest BCUT2D eigenvalue weighted by molar-refractivity contribution is 5.71. The average Bonchev–Trinajstić information content (AvgIpc) is 3.39. The summed E-state index contributed by atoms with van der Waals surface area (Å²) in [5.41, 5.74) is 0.